The van der Waals surface area contributed by atoms with Gasteiger partial charge in [0.15, 0.2) is 0 Å². The van der Waals surface area contributed by atoms with Crippen LogP contribution in [0, 0.1) is 5.82 Å². The molecule has 0 fully saturated rings. The van der Waals surface area contributed by atoms with Crippen LogP contribution >= 0.6 is 0 Å². The molecule has 0 saturated heterocycles. The molecule has 1 N–H and O–H groups in total. The van der Waals surface area contributed by atoms with Gasteiger partial charge in [0.05, 0.1) is 5.56 Å². The summed E-state index contributed by atoms with van der Waals surface area (Å²) in [7, 11) is 1.79. The molecule has 0 bridgehead atoms. The normalized spacial score (nSPS) is 10.3. The average molecular weight is 261 g/mol. The van der Waals surface area contributed by atoms with Gasteiger partial charge in [-0.15, -0.1) is 0 Å². The first kappa shape index (κ1) is 13.3. The summed E-state index contributed by atoms with van der Waals surface area (Å²) in [5.74, 6) is 0.953. The Hall–Kier alpha value is -2.17. The molecule has 0 aliphatic rings. The minimum atomic E-state index is -0.275. The number of nitrogens with zero attached hydrogens (tertiary/aromatic N) is 2. The van der Waals surface area contributed by atoms with Gasteiger partial charge in [-0.25, -0.2) is 14.4 Å². The zero-order valence-electron chi connectivity index (χ0n) is 11.0. The lowest BCUT2D eigenvalue weighted by molar-refractivity contribution is 0.284. The number of nitrogens with one attached hydrogen (secondary N) is 1. The Balaban J connectivity index is 2.18. The highest BCUT2D eigenvalue weighted by Gasteiger charge is 2.10. The molecule has 0 spiro atoms. The van der Waals surface area contributed by atoms with Crippen molar-refractivity contribution in [3.63, 3.8) is 0 Å². The minimum absolute atomic E-state index is 0.153. The first-order chi connectivity index (χ1) is 9.26. The number of hydrogen-bond donors (Lipinski definition) is 1. The fourth-order valence-corrected chi connectivity index (χ4v) is 1.82. The van der Waals surface area contributed by atoms with Crippen molar-refractivity contribution in [3.05, 3.63) is 47.5 Å². The molecule has 0 aliphatic heterocycles. The lowest BCUT2D eigenvalue weighted by Gasteiger charge is -2.12. The molecule has 0 amide bonds. The van der Waals surface area contributed by atoms with Crippen molar-refractivity contribution >= 4 is 5.82 Å². The Morgan fingerprint density at radius 3 is 2.74 bits per heavy atom. The predicted octanol–water partition coefficient (Wildman–Crippen LogP) is 2.80. The van der Waals surface area contributed by atoms with Crippen molar-refractivity contribution in [2.45, 2.75) is 20.0 Å². The van der Waals surface area contributed by atoms with Gasteiger partial charge in [-0.2, -0.15) is 0 Å². The highest BCUT2D eigenvalue weighted by atomic mass is 19.1. The molecule has 2 aromatic rings. The molecule has 5 heteroatoms. The van der Waals surface area contributed by atoms with Gasteiger partial charge >= 0.3 is 0 Å². The topological polar surface area (TPSA) is 47.0 Å². The summed E-state index contributed by atoms with van der Waals surface area (Å²) in [5, 5.41) is 2.99. The Bertz CT molecular complexity index is 560. The second-order valence-corrected chi connectivity index (χ2v) is 3.99. The molecule has 4 nitrogen and oxygen atoms in total. The van der Waals surface area contributed by atoms with Crippen LogP contribution in [0.2, 0.25) is 0 Å². The quantitative estimate of drug-likeness (QED) is 0.899. The Kier molecular flexibility index (Phi) is 4.28. The zero-order chi connectivity index (χ0) is 13.7. The summed E-state index contributed by atoms with van der Waals surface area (Å²) < 4.78 is 19.1. The van der Waals surface area contributed by atoms with E-state index in [2.05, 4.69) is 15.3 Å². The van der Waals surface area contributed by atoms with Gasteiger partial charge in [0.25, 0.3) is 0 Å². The molecule has 0 saturated carbocycles. The molecule has 0 atom stereocenters. The number of anilines is 1. The van der Waals surface area contributed by atoms with Crippen LogP contribution in [0.25, 0.3) is 0 Å². The summed E-state index contributed by atoms with van der Waals surface area (Å²) in [4.78, 5) is 8.23. The summed E-state index contributed by atoms with van der Waals surface area (Å²) in [6.07, 6.45) is 2.17. The third kappa shape index (κ3) is 2.99. The molecule has 0 unspecified atom stereocenters. The monoisotopic (exact) mass is 261 g/mol. The third-order valence-electron chi connectivity index (χ3n) is 2.82. The maximum Gasteiger partial charge on any atom is 0.222 e. The molecular weight excluding hydrogens is 245 g/mol. The molecule has 1 heterocycles. The van der Waals surface area contributed by atoms with Gasteiger partial charge in [-0.05, 0) is 12.5 Å². The van der Waals surface area contributed by atoms with Crippen LogP contribution in [0.3, 0.4) is 0 Å². The molecule has 0 aliphatic carbocycles. The van der Waals surface area contributed by atoms with E-state index in [1.807, 2.05) is 6.92 Å². The highest BCUT2D eigenvalue weighted by molar-refractivity contribution is 5.48. The van der Waals surface area contributed by atoms with E-state index in [-0.39, 0.29) is 12.4 Å². The number of rotatable bonds is 5. The second kappa shape index (κ2) is 6.13. The fraction of sp³-hybridized carbons (Fsp3) is 0.286. The number of aromatic nitrogens is 2. The van der Waals surface area contributed by atoms with E-state index in [1.165, 1.54) is 12.4 Å². The molecule has 19 heavy (non-hydrogen) atoms. The van der Waals surface area contributed by atoms with Gasteiger partial charge in [-0.3, -0.25) is 0 Å². The van der Waals surface area contributed by atoms with Crippen LogP contribution in [-0.2, 0) is 13.0 Å². The molecular formula is C14H16FN3O. The van der Waals surface area contributed by atoms with E-state index in [1.54, 1.807) is 25.2 Å². The molecule has 0 radical (unpaired) electrons. The zero-order valence-corrected chi connectivity index (χ0v) is 11.0. The molecule has 1 aromatic heterocycles. The first-order valence-corrected chi connectivity index (χ1v) is 6.14. The molecule has 100 valence electrons. The van der Waals surface area contributed by atoms with Crippen LogP contribution in [-0.4, -0.2) is 17.0 Å². The predicted molar refractivity (Wildman–Crippen MR) is 71.7 cm³/mol. The second-order valence-electron chi connectivity index (χ2n) is 3.99. The van der Waals surface area contributed by atoms with Crippen molar-refractivity contribution in [3.8, 4) is 5.88 Å². The van der Waals surface area contributed by atoms with Crippen molar-refractivity contribution in [2.75, 3.05) is 12.4 Å². The van der Waals surface area contributed by atoms with Crippen molar-refractivity contribution in [1.82, 2.24) is 9.97 Å². The fourth-order valence-electron chi connectivity index (χ4n) is 1.82. The van der Waals surface area contributed by atoms with E-state index in [4.69, 9.17) is 4.74 Å². The lowest BCUT2D eigenvalue weighted by atomic mass is 10.2. The van der Waals surface area contributed by atoms with E-state index in [0.717, 1.165) is 17.8 Å². The average Bonchev–Trinajstić information content (AvgIpc) is 2.45. The largest absolute Gasteiger partial charge is 0.472 e. The molecule has 1 aromatic carbocycles. The highest BCUT2D eigenvalue weighted by Crippen LogP contribution is 2.23. The van der Waals surface area contributed by atoms with Gasteiger partial charge in [0.2, 0.25) is 5.88 Å². The number of benzene rings is 1. The van der Waals surface area contributed by atoms with Crippen molar-refractivity contribution in [2.24, 2.45) is 0 Å². The summed E-state index contributed by atoms with van der Waals surface area (Å²) in [6.45, 7) is 2.15. The minimum Gasteiger partial charge on any atom is -0.472 e. The molecule has 2 rings (SSSR count). The third-order valence-corrected chi connectivity index (χ3v) is 2.82. The first-order valence-electron chi connectivity index (χ1n) is 6.14. The van der Waals surface area contributed by atoms with E-state index in [9.17, 15) is 4.39 Å². The van der Waals surface area contributed by atoms with Crippen LogP contribution in [0.5, 0.6) is 5.88 Å². The maximum atomic E-state index is 13.5. The Morgan fingerprint density at radius 1 is 1.26 bits per heavy atom. The number of hydrogen-bond acceptors (Lipinski definition) is 4. The van der Waals surface area contributed by atoms with Crippen LogP contribution in [0.15, 0.2) is 30.6 Å². The van der Waals surface area contributed by atoms with Gasteiger partial charge < -0.3 is 10.1 Å². The summed E-state index contributed by atoms with van der Waals surface area (Å²) in [5.41, 5.74) is 1.40. The maximum absolute atomic E-state index is 13.5. The van der Waals surface area contributed by atoms with E-state index >= 15 is 0 Å². The lowest BCUT2D eigenvalue weighted by Crippen LogP contribution is -2.06. The summed E-state index contributed by atoms with van der Waals surface area (Å²) in [6, 6.07) is 6.54. The SMILES string of the molecule is CCc1c(NC)ncnc1OCc1ccccc1F. The van der Waals surface area contributed by atoms with Crippen molar-refractivity contribution in [1.29, 1.82) is 0 Å². The van der Waals surface area contributed by atoms with Crippen LogP contribution < -0.4 is 10.1 Å². The van der Waals surface area contributed by atoms with Crippen LogP contribution in [0.1, 0.15) is 18.1 Å². The van der Waals surface area contributed by atoms with Crippen LogP contribution in [0.4, 0.5) is 10.2 Å². The summed E-state index contributed by atoms with van der Waals surface area (Å²) >= 11 is 0. The smallest absolute Gasteiger partial charge is 0.222 e. The van der Waals surface area contributed by atoms with Crippen molar-refractivity contribution < 1.29 is 9.13 Å². The van der Waals surface area contributed by atoms with E-state index < -0.39 is 0 Å². The number of ether oxygens (including phenoxy) is 1. The van der Waals surface area contributed by atoms with Gasteiger partial charge in [-0.1, -0.05) is 25.1 Å². The standard InChI is InChI=1S/C14H16FN3O/c1-3-11-13(16-2)17-9-18-14(11)19-8-10-6-4-5-7-12(10)15/h4-7,9H,3,8H2,1-2H3,(H,16,17,18). The van der Waals surface area contributed by atoms with Gasteiger partial charge in [0.1, 0.15) is 24.6 Å². The van der Waals surface area contributed by atoms with E-state index in [0.29, 0.717) is 11.4 Å². The Morgan fingerprint density at radius 2 is 2.05 bits per heavy atom. The number of halogens is 1. The Labute approximate surface area is 111 Å². The van der Waals surface area contributed by atoms with Gasteiger partial charge in [0, 0.05) is 12.6 Å².